The summed E-state index contributed by atoms with van der Waals surface area (Å²) in [5, 5.41) is 3.91. The van der Waals surface area contributed by atoms with Crippen molar-refractivity contribution >= 4 is 12.1 Å². The average molecular weight is 264 g/mol. The summed E-state index contributed by atoms with van der Waals surface area (Å²) in [5.74, 6) is 1.56. The molecular formula is C14H20N2O3. The van der Waals surface area contributed by atoms with Crippen LogP contribution in [0.2, 0.25) is 0 Å². The zero-order valence-corrected chi connectivity index (χ0v) is 11.8. The average Bonchev–Trinajstić information content (AvgIpc) is 2.38. The molecule has 0 bridgehead atoms. The number of hydrazone groups is 1. The number of amides is 1. The summed E-state index contributed by atoms with van der Waals surface area (Å²) >= 11 is 0. The van der Waals surface area contributed by atoms with Crippen LogP contribution in [0.4, 0.5) is 0 Å². The van der Waals surface area contributed by atoms with Gasteiger partial charge in [0.15, 0.2) is 0 Å². The van der Waals surface area contributed by atoms with Crippen molar-refractivity contribution in [2.45, 2.75) is 20.3 Å². The zero-order valence-electron chi connectivity index (χ0n) is 11.8. The monoisotopic (exact) mass is 264 g/mol. The van der Waals surface area contributed by atoms with Crippen LogP contribution in [0.5, 0.6) is 11.5 Å². The molecule has 0 saturated carbocycles. The maximum Gasteiger partial charge on any atom is 0.240 e. The maximum atomic E-state index is 11.4. The largest absolute Gasteiger partial charge is 0.497 e. The third kappa shape index (κ3) is 4.99. The van der Waals surface area contributed by atoms with Crippen LogP contribution in [-0.4, -0.2) is 26.3 Å². The number of nitrogens with zero attached hydrogens (tertiary/aromatic N) is 1. The summed E-state index contributed by atoms with van der Waals surface area (Å²) in [5.41, 5.74) is 3.26. The highest BCUT2D eigenvalue weighted by atomic mass is 16.5. The van der Waals surface area contributed by atoms with Gasteiger partial charge >= 0.3 is 0 Å². The Bertz CT molecular complexity index is 456. The van der Waals surface area contributed by atoms with Gasteiger partial charge in [-0.05, 0) is 18.1 Å². The molecule has 0 radical (unpaired) electrons. The Balaban J connectivity index is 2.68. The molecule has 1 aromatic carbocycles. The van der Waals surface area contributed by atoms with Crippen LogP contribution in [0.3, 0.4) is 0 Å². The van der Waals surface area contributed by atoms with Gasteiger partial charge in [-0.15, -0.1) is 0 Å². The van der Waals surface area contributed by atoms with E-state index in [0.717, 1.165) is 5.56 Å². The van der Waals surface area contributed by atoms with Crippen molar-refractivity contribution in [1.82, 2.24) is 5.43 Å². The second kappa shape index (κ2) is 7.41. The van der Waals surface area contributed by atoms with Crippen LogP contribution in [-0.2, 0) is 4.79 Å². The number of nitrogens with one attached hydrogen (secondary N) is 1. The molecule has 1 amide bonds. The molecule has 0 aliphatic rings. The van der Waals surface area contributed by atoms with Crippen molar-refractivity contribution in [3.63, 3.8) is 0 Å². The smallest absolute Gasteiger partial charge is 0.240 e. The first kappa shape index (κ1) is 15.0. The first-order chi connectivity index (χ1) is 9.06. The predicted octanol–water partition coefficient (Wildman–Crippen LogP) is 2.20. The molecule has 0 spiro atoms. The van der Waals surface area contributed by atoms with Crippen LogP contribution in [0.15, 0.2) is 23.3 Å². The van der Waals surface area contributed by atoms with Gasteiger partial charge in [-0.2, -0.15) is 5.10 Å². The van der Waals surface area contributed by atoms with Crippen molar-refractivity contribution in [2.24, 2.45) is 11.0 Å². The van der Waals surface area contributed by atoms with E-state index in [2.05, 4.69) is 10.5 Å². The van der Waals surface area contributed by atoms with Gasteiger partial charge in [0, 0.05) is 18.1 Å². The Labute approximate surface area is 113 Å². The number of methoxy groups -OCH3 is 2. The van der Waals surface area contributed by atoms with Gasteiger partial charge in [-0.25, -0.2) is 5.43 Å². The third-order valence-corrected chi connectivity index (χ3v) is 2.43. The molecule has 0 heterocycles. The predicted molar refractivity (Wildman–Crippen MR) is 74.7 cm³/mol. The summed E-state index contributed by atoms with van der Waals surface area (Å²) < 4.78 is 10.3. The molecule has 0 unspecified atom stereocenters. The van der Waals surface area contributed by atoms with Crippen molar-refractivity contribution in [3.8, 4) is 11.5 Å². The Morgan fingerprint density at radius 1 is 1.37 bits per heavy atom. The number of carbonyl (C=O) groups is 1. The molecule has 0 atom stereocenters. The van der Waals surface area contributed by atoms with E-state index in [1.807, 2.05) is 19.9 Å². The van der Waals surface area contributed by atoms with E-state index in [4.69, 9.17) is 9.47 Å². The van der Waals surface area contributed by atoms with Gasteiger partial charge in [0.25, 0.3) is 0 Å². The van der Waals surface area contributed by atoms with Gasteiger partial charge in [0.1, 0.15) is 11.5 Å². The molecule has 0 aliphatic heterocycles. The minimum Gasteiger partial charge on any atom is -0.497 e. The number of hydrogen-bond donors (Lipinski definition) is 1. The maximum absolute atomic E-state index is 11.4. The van der Waals surface area contributed by atoms with Crippen LogP contribution < -0.4 is 14.9 Å². The number of benzene rings is 1. The van der Waals surface area contributed by atoms with Crippen molar-refractivity contribution in [2.75, 3.05) is 14.2 Å². The summed E-state index contributed by atoms with van der Waals surface area (Å²) in [6.07, 6.45) is 2.01. The summed E-state index contributed by atoms with van der Waals surface area (Å²) in [7, 11) is 3.16. The van der Waals surface area contributed by atoms with E-state index in [1.165, 1.54) is 0 Å². The number of carbonyl (C=O) groups excluding carboxylic acids is 1. The second-order valence-corrected chi connectivity index (χ2v) is 4.50. The molecular weight excluding hydrogens is 244 g/mol. The summed E-state index contributed by atoms with van der Waals surface area (Å²) in [4.78, 5) is 11.4. The Hall–Kier alpha value is -2.04. The minimum atomic E-state index is -0.0984. The minimum absolute atomic E-state index is 0.0984. The quantitative estimate of drug-likeness (QED) is 0.633. The number of rotatable bonds is 6. The first-order valence-corrected chi connectivity index (χ1v) is 6.10. The van der Waals surface area contributed by atoms with E-state index in [-0.39, 0.29) is 5.91 Å². The molecule has 5 heteroatoms. The van der Waals surface area contributed by atoms with Crippen LogP contribution in [0.25, 0.3) is 0 Å². The topological polar surface area (TPSA) is 59.9 Å². The third-order valence-electron chi connectivity index (χ3n) is 2.43. The lowest BCUT2D eigenvalue weighted by molar-refractivity contribution is -0.121. The van der Waals surface area contributed by atoms with Gasteiger partial charge in [-0.1, -0.05) is 13.8 Å². The summed E-state index contributed by atoms with van der Waals surface area (Å²) in [6.45, 7) is 3.96. The molecule has 104 valence electrons. The highest BCUT2D eigenvalue weighted by Gasteiger charge is 2.04. The fraction of sp³-hybridized carbons (Fsp3) is 0.429. The summed E-state index contributed by atoms with van der Waals surface area (Å²) in [6, 6.07) is 5.38. The number of hydrogen-bond acceptors (Lipinski definition) is 4. The molecule has 1 aromatic rings. The molecule has 1 rings (SSSR count). The van der Waals surface area contributed by atoms with Crippen molar-refractivity contribution in [1.29, 1.82) is 0 Å². The normalized spacial score (nSPS) is 10.8. The Morgan fingerprint density at radius 2 is 2.11 bits per heavy atom. The standard InChI is InChI=1S/C14H20N2O3/c1-10(2)7-14(17)16-15-9-11-5-6-12(18-3)8-13(11)19-4/h5-6,8-10H,7H2,1-4H3,(H,16,17). The fourth-order valence-electron chi connectivity index (χ4n) is 1.52. The van der Waals surface area contributed by atoms with Crippen LogP contribution in [0.1, 0.15) is 25.8 Å². The highest BCUT2D eigenvalue weighted by molar-refractivity contribution is 5.85. The van der Waals surface area contributed by atoms with Gasteiger partial charge in [0.2, 0.25) is 5.91 Å². The van der Waals surface area contributed by atoms with Crippen molar-refractivity contribution in [3.05, 3.63) is 23.8 Å². The lowest BCUT2D eigenvalue weighted by Gasteiger charge is -2.07. The van der Waals surface area contributed by atoms with Crippen LogP contribution in [0, 0.1) is 5.92 Å². The lowest BCUT2D eigenvalue weighted by Crippen LogP contribution is -2.19. The fourth-order valence-corrected chi connectivity index (χ4v) is 1.52. The molecule has 0 aliphatic carbocycles. The Kier molecular flexibility index (Phi) is 5.85. The molecule has 5 nitrogen and oxygen atoms in total. The number of ether oxygens (including phenoxy) is 2. The van der Waals surface area contributed by atoms with Crippen LogP contribution >= 0.6 is 0 Å². The molecule has 0 aromatic heterocycles. The van der Waals surface area contributed by atoms with Gasteiger partial charge in [0.05, 0.1) is 20.4 Å². The molecule has 1 N–H and O–H groups in total. The zero-order chi connectivity index (χ0) is 14.3. The van der Waals surface area contributed by atoms with E-state index >= 15 is 0 Å². The van der Waals surface area contributed by atoms with E-state index < -0.39 is 0 Å². The lowest BCUT2D eigenvalue weighted by atomic mass is 10.1. The molecule has 0 saturated heterocycles. The first-order valence-electron chi connectivity index (χ1n) is 6.10. The van der Waals surface area contributed by atoms with Crippen molar-refractivity contribution < 1.29 is 14.3 Å². The van der Waals surface area contributed by atoms with E-state index in [0.29, 0.717) is 23.8 Å². The SMILES string of the molecule is COc1ccc(C=NNC(=O)CC(C)C)c(OC)c1. The highest BCUT2D eigenvalue weighted by Crippen LogP contribution is 2.22. The Morgan fingerprint density at radius 3 is 2.68 bits per heavy atom. The molecule has 0 fully saturated rings. The van der Waals surface area contributed by atoms with E-state index in [9.17, 15) is 4.79 Å². The van der Waals surface area contributed by atoms with Gasteiger partial charge in [-0.3, -0.25) is 4.79 Å². The van der Waals surface area contributed by atoms with E-state index in [1.54, 1.807) is 32.6 Å². The second-order valence-electron chi connectivity index (χ2n) is 4.50. The van der Waals surface area contributed by atoms with Gasteiger partial charge < -0.3 is 9.47 Å². The molecule has 19 heavy (non-hydrogen) atoms.